The second-order valence-electron chi connectivity index (χ2n) is 5.19. The molecular formula is C12H16ClN5. The Morgan fingerprint density at radius 1 is 1.44 bits per heavy atom. The molecule has 0 aromatic carbocycles. The van der Waals surface area contributed by atoms with Crippen molar-refractivity contribution in [1.82, 2.24) is 20.2 Å². The van der Waals surface area contributed by atoms with Gasteiger partial charge in [0.15, 0.2) is 5.65 Å². The smallest absolute Gasteiger partial charge is 0.226 e. The molecule has 2 aromatic heterocycles. The Balaban J connectivity index is 1.97. The normalized spacial score (nSPS) is 20.2. The van der Waals surface area contributed by atoms with E-state index in [1.807, 2.05) is 0 Å². The molecule has 0 aliphatic carbocycles. The number of aromatic nitrogens is 4. The zero-order valence-corrected chi connectivity index (χ0v) is 11.3. The van der Waals surface area contributed by atoms with Crippen molar-refractivity contribution in [3.63, 3.8) is 0 Å². The fourth-order valence-electron chi connectivity index (χ4n) is 2.56. The summed E-state index contributed by atoms with van der Waals surface area (Å²) in [6.45, 7) is 6.60. The summed E-state index contributed by atoms with van der Waals surface area (Å²) >= 11 is 5.96. The van der Waals surface area contributed by atoms with Crippen LogP contribution in [0.25, 0.3) is 11.0 Å². The van der Waals surface area contributed by atoms with Gasteiger partial charge in [-0.05, 0) is 29.9 Å². The number of anilines is 1. The van der Waals surface area contributed by atoms with Crippen molar-refractivity contribution in [3.8, 4) is 0 Å². The van der Waals surface area contributed by atoms with Gasteiger partial charge in [-0.25, -0.2) is 0 Å². The number of rotatable bonds is 2. The van der Waals surface area contributed by atoms with Crippen LogP contribution in [-0.4, -0.2) is 33.3 Å². The molecule has 0 bridgehead atoms. The van der Waals surface area contributed by atoms with Crippen LogP contribution in [0.2, 0.25) is 5.28 Å². The lowest BCUT2D eigenvalue weighted by Gasteiger charge is -2.19. The number of aromatic amines is 1. The molecule has 5 nitrogen and oxygen atoms in total. The fraction of sp³-hybridized carbons (Fsp3) is 0.583. The van der Waals surface area contributed by atoms with Crippen LogP contribution in [0, 0.1) is 11.8 Å². The predicted octanol–water partition coefficient (Wildman–Crippen LogP) is 2.49. The van der Waals surface area contributed by atoms with Gasteiger partial charge in [0.25, 0.3) is 0 Å². The number of H-pyrrole nitrogens is 1. The lowest BCUT2D eigenvalue weighted by Crippen LogP contribution is -2.22. The minimum Gasteiger partial charge on any atom is -0.356 e. The predicted molar refractivity (Wildman–Crippen MR) is 71.9 cm³/mol. The molecule has 3 heterocycles. The molecule has 0 spiro atoms. The van der Waals surface area contributed by atoms with Gasteiger partial charge >= 0.3 is 0 Å². The summed E-state index contributed by atoms with van der Waals surface area (Å²) in [5.74, 6) is 2.33. The monoisotopic (exact) mass is 265 g/mol. The Hall–Kier alpha value is -1.36. The molecule has 1 aliphatic heterocycles. The van der Waals surface area contributed by atoms with E-state index in [-0.39, 0.29) is 5.28 Å². The molecule has 1 N–H and O–H groups in total. The van der Waals surface area contributed by atoms with Crippen LogP contribution in [0.5, 0.6) is 0 Å². The topological polar surface area (TPSA) is 57.7 Å². The lowest BCUT2D eigenvalue weighted by molar-refractivity contribution is 0.422. The van der Waals surface area contributed by atoms with Crippen LogP contribution in [0.3, 0.4) is 0 Å². The zero-order valence-electron chi connectivity index (χ0n) is 10.5. The Bertz CT molecular complexity index is 565. The average Bonchev–Trinajstić information content (AvgIpc) is 2.95. The average molecular weight is 266 g/mol. The highest BCUT2D eigenvalue weighted by molar-refractivity contribution is 6.28. The second kappa shape index (κ2) is 4.39. The lowest BCUT2D eigenvalue weighted by atomic mass is 9.95. The van der Waals surface area contributed by atoms with Gasteiger partial charge in [0.1, 0.15) is 5.82 Å². The summed E-state index contributed by atoms with van der Waals surface area (Å²) in [6, 6.07) is 0. The van der Waals surface area contributed by atoms with Crippen LogP contribution in [-0.2, 0) is 0 Å². The molecule has 2 aromatic rings. The van der Waals surface area contributed by atoms with E-state index >= 15 is 0 Å². The molecule has 0 saturated carbocycles. The fourth-order valence-corrected chi connectivity index (χ4v) is 2.72. The van der Waals surface area contributed by atoms with Crippen molar-refractivity contribution in [2.24, 2.45) is 11.8 Å². The third-order valence-electron chi connectivity index (χ3n) is 3.73. The number of fused-ring (bicyclic) bond motifs is 1. The van der Waals surface area contributed by atoms with E-state index in [4.69, 9.17) is 11.6 Å². The Morgan fingerprint density at radius 3 is 3.00 bits per heavy atom. The van der Waals surface area contributed by atoms with Crippen LogP contribution in [0.1, 0.15) is 20.3 Å². The minimum absolute atomic E-state index is 0.273. The molecule has 1 unspecified atom stereocenters. The van der Waals surface area contributed by atoms with Crippen molar-refractivity contribution in [2.45, 2.75) is 20.3 Å². The highest BCUT2D eigenvalue weighted by Gasteiger charge is 2.27. The first kappa shape index (κ1) is 11.7. The quantitative estimate of drug-likeness (QED) is 0.848. The van der Waals surface area contributed by atoms with Gasteiger partial charge in [0.2, 0.25) is 5.28 Å². The summed E-state index contributed by atoms with van der Waals surface area (Å²) in [7, 11) is 0. The number of nitrogens with zero attached hydrogens (tertiary/aromatic N) is 4. The zero-order chi connectivity index (χ0) is 12.7. The molecule has 3 rings (SSSR count). The Kier molecular flexibility index (Phi) is 2.86. The third kappa shape index (κ3) is 1.92. The first-order valence-electron chi connectivity index (χ1n) is 6.26. The van der Waals surface area contributed by atoms with Crippen LogP contribution in [0.15, 0.2) is 6.20 Å². The maximum absolute atomic E-state index is 5.96. The van der Waals surface area contributed by atoms with Crippen molar-refractivity contribution in [3.05, 3.63) is 11.5 Å². The summed E-state index contributed by atoms with van der Waals surface area (Å²) < 4.78 is 0. The minimum atomic E-state index is 0.273. The highest BCUT2D eigenvalue weighted by atomic mass is 35.5. The Morgan fingerprint density at radius 2 is 2.28 bits per heavy atom. The van der Waals surface area contributed by atoms with E-state index in [1.165, 1.54) is 6.42 Å². The number of hydrogen-bond acceptors (Lipinski definition) is 4. The van der Waals surface area contributed by atoms with E-state index < -0.39 is 0 Å². The van der Waals surface area contributed by atoms with Crippen molar-refractivity contribution in [2.75, 3.05) is 18.0 Å². The van der Waals surface area contributed by atoms with Gasteiger partial charge in [-0.2, -0.15) is 15.1 Å². The summed E-state index contributed by atoms with van der Waals surface area (Å²) in [6.07, 6.45) is 2.97. The molecule has 1 saturated heterocycles. The van der Waals surface area contributed by atoms with E-state index in [0.717, 1.165) is 30.2 Å². The first-order chi connectivity index (χ1) is 8.65. The molecule has 1 aliphatic rings. The van der Waals surface area contributed by atoms with E-state index in [1.54, 1.807) is 6.20 Å². The standard InChI is InChI=1S/C12H16ClN5/c1-7(2)8-3-4-18(6-8)11-9-5-14-17-10(9)15-12(13)16-11/h5,7-8H,3-4,6H2,1-2H3,(H,14,15,16,17). The SMILES string of the molecule is CC(C)C1CCN(c2nc(Cl)nc3[nH]ncc23)C1. The molecule has 96 valence electrons. The van der Waals surface area contributed by atoms with E-state index in [9.17, 15) is 0 Å². The van der Waals surface area contributed by atoms with E-state index in [0.29, 0.717) is 11.6 Å². The summed E-state index contributed by atoms with van der Waals surface area (Å²) in [5, 5.41) is 8.08. The first-order valence-corrected chi connectivity index (χ1v) is 6.64. The third-order valence-corrected chi connectivity index (χ3v) is 3.90. The molecule has 1 atom stereocenters. The van der Waals surface area contributed by atoms with Crippen molar-refractivity contribution in [1.29, 1.82) is 0 Å². The maximum atomic E-state index is 5.96. The van der Waals surface area contributed by atoms with Gasteiger partial charge in [0.05, 0.1) is 11.6 Å². The van der Waals surface area contributed by atoms with Crippen molar-refractivity contribution >= 4 is 28.5 Å². The van der Waals surface area contributed by atoms with Crippen LogP contribution < -0.4 is 4.90 Å². The van der Waals surface area contributed by atoms with Gasteiger partial charge in [-0.3, -0.25) is 5.10 Å². The van der Waals surface area contributed by atoms with E-state index in [2.05, 4.69) is 38.9 Å². The number of nitrogens with one attached hydrogen (secondary N) is 1. The highest BCUT2D eigenvalue weighted by Crippen LogP contribution is 2.31. The Labute approximate surface area is 111 Å². The number of hydrogen-bond donors (Lipinski definition) is 1. The number of halogens is 1. The summed E-state index contributed by atoms with van der Waals surface area (Å²) in [5.41, 5.74) is 0.706. The molecule has 6 heteroatoms. The largest absolute Gasteiger partial charge is 0.356 e. The second-order valence-corrected chi connectivity index (χ2v) is 5.53. The van der Waals surface area contributed by atoms with Gasteiger partial charge in [0, 0.05) is 13.1 Å². The van der Waals surface area contributed by atoms with Gasteiger partial charge < -0.3 is 4.90 Å². The van der Waals surface area contributed by atoms with Gasteiger partial charge in [-0.1, -0.05) is 13.8 Å². The maximum Gasteiger partial charge on any atom is 0.226 e. The van der Waals surface area contributed by atoms with Crippen molar-refractivity contribution < 1.29 is 0 Å². The molecule has 0 radical (unpaired) electrons. The van der Waals surface area contributed by atoms with Gasteiger partial charge in [-0.15, -0.1) is 0 Å². The molecule has 1 fully saturated rings. The summed E-state index contributed by atoms with van der Waals surface area (Å²) in [4.78, 5) is 10.8. The molecule has 18 heavy (non-hydrogen) atoms. The van der Waals surface area contributed by atoms with Crippen LogP contribution in [0.4, 0.5) is 5.82 Å². The molecule has 0 amide bonds. The molecular weight excluding hydrogens is 250 g/mol. The van der Waals surface area contributed by atoms with Crippen LogP contribution >= 0.6 is 11.6 Å².